The molecule has 0 aliphatic carbocycles. The van der Waals surface area contributed by atoms with Gasteiger partial charge < -0.3 is 14.9 Å². The first-order valence-electron chi connectivity index (χ1n) is 5.51. The van der Waals surface area contributed by atoms with Gasteiger partial charge in [0.2, 0.25) is 5.89 Å². The first-order chi connectivity index (χ1) is 8.65. The standard InChI is InChI=1S/C12H13N3O3/c1-8-14-11(15-18-8)6-7-13-10-4-2-9(3-5-10)12(16)17/h2-5,13H,6-7H2,1H3,(H,16,17). The Bertz CT molecular complexity index is 534. The molecule has 0 spiro atoms. The van der Waals surface area contributed by atoms with E-state index in [0.717, 1.165) is 5.69 Å². The number of anilines is 1. The number of aromatic carboxylic acids is 1. The smallest absolute Gasteiger partial charge is 0.335 e. The summed E-state index contributed by atoms with van der Waals surface area (Å²) in [5.74, 6) is 0.279. The minimum atomic E-state index is -0.927. The van der Waals surface area contributed by atoms with E-state index in [1.807, 2.05) is 0 Å². The molecule has 0 radical (unpaired) electrons. The van der Waals surface area contributed by atoms with Crippen LogP contribution in [0.5, 0.6) is 0 Å². The van der Waals surface area contributed by atoms with Gasteiger partial charge in [-0.05, 0) is 24.3 Å². The quantitative estimate of drug-likeness (QED) is 0.836. The molecule has 0 unspecified atom stereocenters. The monoisotopic (exact) mass is 247 g/mol. The average molecular weight is 247 g/mol. The number of benzene rings is 1. The fourth-order valence-corrected chi connectivity index (χ4v) is 1.49. The Hall–Kier alpha value is -2.37. The second-order valence-corrected chi connectivity index (χ2v) is 3.79. The summed E-state index contributed by atoms with van der Waals surface area (Å²) in [5, 5.41) is 15.7. The molecule has 6 nitrogen and oxygen atoms in total. The molecule has 1 aromatic carbocycles. The van der Waals surface area contributed by atoms with Crippen molar-refractivity contribution in [2.45, 2.75) is 13.3 Å². The molecule has 0 saturated carbocycles. The predicted molar refractivity (Wildman–Crippen MR) is 64.6 cm³/mol. The van der Waals surface area contributed by atoms with E-state index in [1.165, 1.54) is 0 Å². The molecule has 0 atom stereocenters. The molecular weight excluding hydrogens is 234 g/mol. The third-order valence-corrected chi connectivity index (χ3v) is 2.38. The second-order valence-electron chi connectivity index (χ2n) is 3.79. The molecule has 2 rings (SSSR count). The van der Waals surface area contributed by atoms with E-state index in [2.05, 4.69) is 15.5 Å². The highest BCUT2D eigenvalue weighted by molar-refractivity contribution is 5.87. The van der Waals surface area contributed by atoms with Gasteiger partial charge in [-0.25, -0.2) is 4.79 Å². The van der Waals surface area contributed by atoms with Crippen LogP contribution in [0.15, 0.2) is 28.8 Å². The lowest BCUT2D eigenvalue weighted by Crippen LogP contribution is -2.06. The van der Waals surface area contributed by atoms with Crippen LogP contribution in [0.2, 0.25) is 0 Å². The molecule has 6 heteroatoms. The molecule has 0 aliphatic rings. The van der Waals surface area contributed by atoms with Crippen LogP contribution in [-0.4, -0.2) is 27.8 Å². The molecule has 94 valence electrons. The fourth-order valence-electron chi connectivity index (χ4n) is 1.49. The number of aryl methyl sites for hydroxylation is 1. The van der Waals surface area contributed by atoms with Crippen LogP contribution in [0.3, 0.4) is 0 Å². The topological polar surface area (TPSA) is 88.2 Å². The molecule has 2 N–H and O–H groups in total. The van der Waals surface area contributed by atoms with Crippen molar-refractivity contribution in [2.24, 2.45) is 0 Å². The number of nitrogens with one attached hydrogen (secondary N) is 1. The lowest BCUT2D eigenvalue weighted by atomic mass is 10.2. The van der Waals surface area contributed by atoms with Gasteiger partial charge in [0, 0.05) is 25.6 Å². The van der Waals surface area contributed by atoms with Crippen molar-refractivity contribution in [1.29, 1.82) is 0 Å². The predicted octanol–water partition coefficient (Wildman–Crippen LogP) is 1.73. The molecule has 0 saturated heterocycles. The first kappa shape index (κ1) is 12.1. The number of aromatic nitrogens is 2. The Labute approximate surface area is 104 Å². The van der Waals surface area contributed by atoms with E-state index in [1.54, 1.807) is 31.2 Å². The highest BCUT2D eigenvalue weighted by Crippen LogP contribution is 2.09. The lowest BCUT2D eigenvalue weighted by Gasteiger charge is -2.04. The summed E-state index contributed by atoms with van der Waals surface area (Å²) in [5.41, 5.74) is 1.13. The van der Waals surface area contributed by atoms with Crippen LogP contribution in [0.25, 0.3) is 0 Å². The van der Waals surface area contributed by atoms with Gasteiger partial charge in [-0.3, -0.25) is 0 Å². The van der Waals surface area contributed by atoms with Crippen LogP contribution < -0.4 is 5.32 Å². The Morgan fingerprint density at radius 3 is 2.67 bits per heavy atom. The van der Waals surface area contributed by atoms with E-state index in [9.17, 15) is 4.79 Å². The van der Waals surface area contributed by atoms with E-state index in [0.29, 0.717) is 24.7 Å². The molecule has 1 heterocycles. The van der Waals surface area contributed by atoms with Crippen LogP contribution in [0, 0.1) is 6.92 Å². The van der Waals surface area contributed by atoms with Crippen molar-refractivity contribution in [3.8, 4) is 0 Å². The summed E-state index contributed by atoms with van der Waals surface area (Å²) in [6.07, 6.45) is 0.651. The van der Waals surface area contributed by atoms with Gasteiger partial charge in [0.05, 0.1) is 5.56 Å². The summed E-state index contributed by atoms with van der Waals surface area (Å²) < 4.78 is 4.86. The molecule has 0 bridgehead atoms. The highest BCUT2D eigenvalue weighted by atomic mass is 16.5. The first-order valence-corrected chi connectivity index (χ1v) is 5.51. The summed E-state index contributed by atoms with van der Waals surface area (Å²) in [4.78, 5) is 14.7. The number of nitrogens with zero attached hydrogens (tertiary/aromatic N) is 2. The van der Waals surface area contributed by atoms with Gasteiger partial charge in [0.15, 0.2) is 5.82 Å². The zero-order chi connectivity index (χ0) is 13.0. The van der Waals surface area contributed by atoms with Crippen molar-refractivity contribution < 1.29 is 14.4 Å². The van der Waals surface area contributed by atoms with Crippen molar-refractivity contribution in [3.05, 3.63) is 41.5 Å². The van der Waals surface area contributed by atoms with Crippen LogP contribution in [0.1, 0.15) is 22.1 Å². The maximum Gasteiger partial charge on any atom is 0.335 e. The molecule has 0 fully saturated rings. The molecular formula is C12H13N3O3. The highest BCUT2D eigenvalue weighted by Gasteiger charge is 2.03. The third-order valence-electron chi connectivity index (χ3n) is 2.38. The van der Waals surface area contributed by atoms with Crippen molar-refractivity contribution >= 4 is 11.7 Å². The zero-order valence-electron chi connectivity index (χ0n) is 9.88. The van der Waals surface area contributed by atoms with E-state index < -0.39 is 5.97 Å². The average Bonchev–Trinajstić information content (AvgIpc) is 2.76. The number of hydrogen-bond acceptors (Lipinski definition) is 5. The summed E-state index contributed by atoms with van der Waals surface area (Å²) in [6.45, 7) is 2.40. The Balaban J connectivity index is 1.85. The summed E-state index contributed by atoms with van der Waals surface area (Å²) in [7, 11) is 0. The normalized spacial score (nSPS) is 10.3. The van der Waals surface area contributed by atoms with Crippen LogP contribution in [0.4, 0.5) is 5.69 Å². The SMILES string of the molecule is Cc1nc(CCNc2ccc(C(=O)O)cc2)no1. The lowest BCUT2D eigenvalue weighted by molar-refractivity contribution is 0.0697. The van der Waals surface area contributed by atoms with Crippen molar-refractivity contribution in [3.63, 3.8) is 0 Å². The summed E-state index contributed by atoms with van der Waals surface area (Å²) >= 11 is 0. The van der Waals surface area contributed by atoms with E-state index in [-0.39, 0.29) is 5.56 Å². The van der Waals surface area contributed by atoms with Crippen molar-refractivity contribution in [1.82, 2.24) is 10.1 Å². The van der Waals surface area contributed by atoms with E-state index in [4.69, 9.17) is 9.63 Å². The van der Waals surface area contributed by atoms with Crippen molar-refractivity contribution in [2.75, 3.05) is 11.9 Å². The van der Waals surface area contributed by atoms with Crippen LogP contribution >= 0.6 is 0 Å². The number of carbonyl (C=O) groups is 1. The molecule has 0 aliphatic heterocycles. The van der Waals surface area contributed by atoms with Crippen LogP contribution in [-0.2, 0) is 6.42 Å². The maximum atomic E-state index is 10.7. The minimum Gasteiger partial charge on any atom is -0.478 e. The number of carboxylic acid groups (broad SMARTS) is 1. The second kappa shape index (κ2) is 5.31. The Morgan fingerprint density at radius 1 is 1.39 bits per heavy atom. The van der Waals surface area contributed by atoms with Gasteiger partial charge in [-0.15, -0.1) is 0 Å². The summed E-state index contributed by atoms with van der Waals surface area (Å²) in [6, 6.07) is 6.57. The maximum absolute atomic E-state index is 10.7. The zero-order valence-corrected chi connectivity index (χ0v) is 9.88. The van der Waals surface area contributed by atoms with E-state index >= 15 is 0 Å². The number of hydrogen-bond donors (Lipinski definition) is 2. The third kappa shape index (κ3) is 3.07. The number of carboxylic acids is 1. The van der Waals surface area contributed by atoms with Gasteiger partial charge >= 0.3 is 5.97 Å². The molecule has 1 aromatic heterocycles. The Morgan fingerprint density at radius 2 is 2.11 bits per heavy atom. The van der Waals surface area contributed by atoms with Gasteiger partial charge in [0.25, 0.3) is 0 Å². The largest absolute Gasteiger partial charge is 0.478 e. The van der Waals surface area contributed by atoms with Gasteiger partial charge in [0.1, 0.15) is 0 Å². The molecule has 2 aromatic rings. The number of rotatable bonds is 5. The Kier molecular flexibility index (Phi) is 3.57. The molecule has 0 amide bonds. The molecule has 18 heavy (non-hydrogen) atoms. The minimum absolute atomic E-state index is 0.273. The van der Waals surface area contributed by atoms with Gasteiger partial charge in [-0.2, -0.15) is 4.98 Å². The fraction of sp³-hybridized carbons (Fsp3) is 0.250. The van der Waals surface area contributed by atoms with Gasteiger partial charge in [-0.1, -0.05) is 5.16 Å².